The molecule has 258 valence electrons. The Morgan fingerprint density at radius 2 is 1.66 bits per heavy atom. The summed E-state index contributed by atoms with van der Waals surface area (Å²) in [6.07, 6.45) is -0.679. The van der Waals surface area contributed by atoms with Crippen LogP contribution in [0.4, 0.5) is 30.5 Å². The first-order valence-electron chi connectivity index (χ1n) is 14.6. The molecule has 2 aromatic carbocycles. The summed E-state index contributed by atoms with van der Waals surface area (Å²) in [5.74, 6) is -0.341. The number of sulfonamides is 1. The highest BCUT2D eigenvalue weighted by Crippen LogP contribution is 2.38. The van der Waals surface area contributed by atoms with Crippen LogP contribution in [0.25, 0.3) is 0 Å². The van der Waals surface area contributed by atoms with E-state index in [-0.39, 0.29) is 25.2 Å². The van der Waals surface area contributed by atoms with Gasteiger partial charge in [0.1, 0.15) is 17.4 Å². The van der Waals surface area contributed by atoms with Gasteiger partial charge >= 0.3 is 6.18 Å². The molecule has 2 aliphatic rings. The lowest BCUT2D eigenvalue weighted by Gasteiger charge is -2.28. The molecule has 1 amide bonds. The first-order chi connectivity index (χ1) is 21.6. The fraction of sp³-hybridized carbons (Fsp3) is 0.469. The molecule has 1 aromatic heterocycles. The van der Waals surface area contributed by atoms with Crippen molar-refractivity contribution >= 4 is 33.3 Å². The minimum Gasteiger partial charge on any atom is -0.494 e. The number of nitrogens with zero attached hydrogens (tertiary/aromatic N) is 4. The molecule has 47 heavy (non-hydrogen) atoms. The number of hydrogen-bond donors (Lipinski definition) is 2. The molecule has 3 aromatic rings. The minimum atomic E-state index is -4.68. The van der Waals surface area contributed by atoms with Crippen molar-refractivity contribution in [1.82, 2.24) is 19.2 Å². The van der Waals surface area contributed by atoms with E-state index >= 15 is 0 Å². The molecule has 11 nitrogen and oxygen atoms in total. The van der Waals surface area contributed by atoms with Gasteiger partial charge in [-0.15, -0.1) is 0 Å². The number of halogens is 3. The van der Waals surface area contributed by atoms with Crippen LogP contribution in [0, 0.1) is 5.92 Å². The van der Waals surface area contributed by atoms with Gasteiger partial charge < -0.3 is 25.0 Å². The predicted molar refractivity (Wildman–Crippen MR) is 176 cm³/mol. The molecule has 0 bridgehead atoms. The van der Waals surface area contributed by atoms with Gasteiger partial charge in [0.2, 0.25) is 27.8 Å². The molecule has 1 fully saturated rings. The largest absolute Gasteiger partial charge is 0.494 e. The third kappa shape index (κ3) is 10.3. The summed E-state index contributed by atoms with van der Waals surface area (Å²) in [5.41, 5.74) is 2.05. The monoisotopic (exact) mass is 680 g/mol. The van der Waals surface area contributed by atoms with Crippen molar-refractivity contribution in [3.05, 3.63) is 65.4 Å². The Balaban J connectivity index is 0.000000677. The number of nitrogens with one attached hydrogen (secondary N) is 2. The molecule has 0 unspecified atom stereocenters. The van der Waals surface area contributed by atoms with E-state index in [0.717, 1.165) is 53.8 Å². The van der Waals surface area contributed by atoms with Gasteiger partial charge in [0.25, 0.3) is 0 Å². The van der Waals surface area contributed by atoms with Crippen LogP contribution < -0.4 is 20.1 Å². The lowest BCUT2D eigenvalue weighted by atomic mass is 9.96. The molecule has 0 spiro atoms. The molecule has 2 heterocycles. The number of ether oxygens (including phenoxy) is 2. The number of likely N-dealkylation sites (tertiary alicyclic amines) is 1. The number of benzene rings is 2. The molecule has 15 heteroatoms. The van der Waals surface area contributed by atoms with Crippen LogP contribution in [0.15, 0.2) is 48.7 Å². The zero-order valence-electron chi connectivity index (χ0n) is 26.4. The quantitative estimate of drug-likeness (QED) is 0.330. The number of alkyl halides is 3. The zero-order valence-corrected chi connectivity index (χ0v) is 27.2. The van der Waals surface area contributed by atoms with Gasteiger partial charge in [-0.2, -0.15) is 18.2 Å². The maximum absolute atomic E-state index is 13.7. The second-order valence-electron chi connectivity index (χ2n) is 11.5. The summed E-state index contributed by atoms with van der Waals surface area (Å²) in [4.78, 5) is 22.9. The maximum Gasteiger partial charge on any atom is 0.423 e. The van der Waals surface area contributed by atoms with E-state index in [1.807, 2.05) is 31.3 Å². The van der Waals surface area contributed by atoms with E-state index in [4.69, 9.17) is 9.47 Å². The van der Waals surface area contributed by atoms with Crippen LogP contribution in [0.3, 0.4) is 0 Å². The van der Waals surface area contributed by atoms with Crippen LogP contribution in [0.5, 0.6) is 11.6 Å². The maximum atomic E-state index is 13.7. The Bertz CT molecular complexity index is 1600. The normalized spacial score (nSPS) is 15.6. The lowest BCUT2D eigenvalue weighted by molar-refractivity contribution is -0.139. The van der Waals surface area contributed by atoms with Crippen LogP contribution in [0.2, 0.25) is 0 Å². The van der Waals surface area contributed by atoms with Gasteiger partial charge in [0, 0.05) is 50.8 Å². The molecule has 0 radical (unpaired) electrons. The van der Waals surface area contributed by atoms with Gasteiger partial charge in [0.05, 0.1) is 19.1 Å². The predicted octanol–water partition coefficient (Wildman–Crippen LogP) is 5.22. The van der Waals surface area contributed by atoms with Crippen molar-refractivity contribution in [3.8, 4) is 11.6 Å². The van der Waals surface area contributed by atoms with Crippen molar-refractivity contribution in [2.75, 3.05) is 58.2 Å². The van der Waals surface area contributed by atoms with E-state index in [0.29, 0.717) is 30.0 Å². The van der Waals surface area contributed by atoms with E-state index in [2.05, 4.69) is 25.5 Å². The number of fused-ring (bicyclic) bond motifs is 1. The van der Waals surface area contributed by atoms with Crippen molar-refractivity contribution in [2.24, 2.45) is 5.92 Å². The summed E-state index contributed by atoms with van der Waals surface area (Å²) < 4.78 is 74.1. The number of rotatable bonds is 8. The average Bonchev–Trinajstić information content (AvgIpc) is 3.40. The highest BCUT2D eigenvalue weighted by Gasteiger charge is 2.37. The van der Waals surface area contributed by atoms with Crippen LogP contribution >= 0.6 is 0 Å². The second-order valence-corrected chi connectivity index (χ2v) is 13.7. The fourth-order valence-corrected chi connectivity index (χ4v) is 4.98. The number of piperidine rings is 1. The molecular formula is C32H43F3N6O5S. The molecule has 2 N–H and O–H groups in total. The van der Waals surface area contributed by atoms with Gasteiger partial charge in [-0.1, -0.05) is 31.7 Å². The Morgan fingerprint density at radius 1 is 1.06 bits per heavy atom. The van der Waals surface area contributed by atoms with Gasteiger partial charge in [-0.25, -0.2) is 17.7 Å². The Kier molecular flexibility index (Phi) is 12.6. The second kappa shape index (κ2) is 15.8. The number of amides is 1. The summed E-state index contributed by atoms with van der Waals surface area (Å²) in [7, 11) is 3.58. The number of aromatic nitrogens is 2. The third-order valence-corrected chi connectivity index (χ3v) is 9.15. The molecule has 0 atom stereocenters. The number of hydrogen-bond acceptors (Lipinski definition) is 9. The van der Waals surface area contributed by atoms with Gasteiger partial charge in [-0.3, -0.25) is 4.79 Å². The highest BCUT2D eigenvalue weighted by molar-refractivity contribution is 7.88. The number of carbonyl (C=O) groups is 1. The topological polar surface area (TPSA) is 126 Å². The van der Waals surface area contributed by atoms with Crippen LogP contribution in [-0.4, -0.2) is 87.2 Å². The molecule has 0 saturated carbocycles. The summed E-state index contributed by atoms with van der Waals surface area (Å²) >= 11 is 0. The third-order valence-electron chi connectivity index (χ3n) is 7.82. The summed E-state index contributed by atoms with van der Waals surface area (Å²) in [5, 5.41) is 5.85. The van der Waals surface area contributed by atoms with Crippen molar-refractivity contribution in [1.29, 1.82) is 0 Å². The van der Waals surface area contributed by atoms with E-state index in [1.165, 1.54) is 21.2 Å². The Hall–Kier alpha value is -3.95. The number of anilines is 3. The average molecular weight is 681 g/mol. The smallest absolute Gasteiger partial charge is 0.423 e. The summed E-state index contributed by atoms with van der Waals surface area (Å²) in [6, 6.07) is 12.7. The first-order valence-corrected chi connectivity index (χ1v) is 16.5. The minimum absolute atomic E-state index is 0. The highest BCUT2D eigenvalue weighted by atomic mass is 32.2. The number of methoxy groups -OCH3 is 1. The number of carbonyl (C=O) groups excluding carboxylic acids is 1. The van der Waals surface area contributed by atoms with Crippen molar-refractivity contribution in [3.63, 3.8) is 0 Å². The van der Waals surface area contributed by atoms with Crippen LogP contribution in [0.1, 0.15) is 37.0 Å². The molecule has 5 rings (SSSR count). The van der Waals surface area contributed by atoms with E-state index in [9.17, 15) is 26.4 Å². The molecule has 1 aliphatic heterocycles. The molecular weight excluding hydrogens is 637 g/mol. The van der Waals surface area contributed by atoms with Crippen LogP contribution in [-0.2, 0) is 33.8 Å². The summed E-state index contributed by atoms with van der Waals surface area (Å²) in [6.45, 7) is 1.74. The SMILES string of the molecule is C.CN(C)S(C)(=O)=O.COc1cc(NC(=O)C2CCN(C)CC2)ccc1Nc1ncc(C(F)(F)F)c(OC2Cc3ccccc3C2)n1. The Labute approximate surface area is 274 Å². The van der Waals surface area contributed by atoms with E-state index < -0.39 is 33.7 Å². The van der Waals surface area contributed by atoms with Crippen molar-refractivity contribution in [2.45, 2.75) is 45.4 Å². The lowest BCUT2D eigenvalue weighted by Crippen LogP contribution is -2.35. The Morgan fingerprint density at radius 3 is 2.19 bits per heavy atom. The van der Waals surface area contributed by atoms with Gasteiger partial charge in [-0.05, 0) is 56.2 Å². The first kappa shape index (κ1) is 37.5. The van der Waals surface area contributed by atoms with E-state index in [1.54, 1.807) is 18.2 Å². The fourth-order valence-electron chi connectivity index (χ4n) is 4.98. The van der Waals surface area contributed by atoms with Crippen molar-refractivity contribution < 1.29 is 35.9 Å². The molecule has 1 saturated heterocycles. The standard InChI is InChI=1S/C28H30F3N5O3.C3H9NO2S.CH4/c1-36-11-9-17(10-12-36)25(37)33-20-7-8-23(24(15-20)38-2)34-27-32-16-22(28(29,30)31)26(35-27)39-21-13-18-5-3-4-6-19(18)14-21;1-4(2)7(3,5)6;/h3-8,15-17,21H,9-14H2,1-2H3,(H,33,37)(H,32,34,35);1-3H3;1H4. The molecule has 1 aliphatic carbocycles. The van der Waals surface area contributed by atoms with Gasteiger partial charge in [0.15, 0.2) is 0 Å². The zero-order chi connectivity index (χ0) is 33.6.